The van der Waals surface area contributed by atoms with Crippen LogP contribution in [-0.4, -0.2) is 30.1 Å². The lowest BCUT2D eigenvalue weighted by Gasteiger charge is -2.27. The van der Waals surface area contributed by atoms with E-state index in [2.05, 4.69) is 26.0 Å². The molecule has 0 aliphatic rings. The monoisotopic (exact) mass is 243 g/mol. The molecule has 0 aromatic carbocycles. The van der Waals surface area contributed by atoms with Gasteiger partial charge in [0.25, 0.3) is 12.1 Å². The first kappa shape index (κ1) is 13.8. The Morgan fingerprint density at radius 1 is 1.53 bits per heavy atom. The van der Waals surface area contributed by atoms with Crippen molar-refractivity contribution < 1.29 is 14.1 Å². The molecule has 0 saturated heterocycles. The highest BCUT2D eigenvalue weighted by atomic mass is 16.5. The fourth-order valence-corrected chi connectivity index (χ4v) is 1.48. The van der Waals surface area contributed by atoms with Crippen LogP contribution in [0.25, 0.3) is 0 Å². The summed E-state index contributed by atoms with van der Waals surface area (Å²) in [4.78, 5) is 1.62. The summed E-state index contributed by atoms with van der Waals surface area (Å²) in [6, 6.07) is 0. The van der Waals surface area contributed by atoms with Gasteiger partial charge >= 0.3 is 0 Å². The molecule has 0 saturated carbocycles. The number of anilines is 1. The molecule has 1 aromatic rings. The highest BCUT2D eigenvalue weighted by molar-refractivity contribution is 5.11. The third kappa shape index (κ3) is 4.22. The van der Waals surface area contributed by atoms with E-state index in [4.69, 9.17) is 15.0 Å². The van der Waals surface area contributed by atoms with E-state index >= 15 is 0 Å². The lowest BCUT2D eigenvalue weighted by Crippen LogP contribution is -2.67. The number of hydrogen-bond acceptors (Lipinski definition) is 5. The van der Waals surface area contributed by atoms with E-state index in [9.17, 15) is 0 Å². The predicted octanol–water partition coefficient (Wildman–Crippen LogP) is 0.706. The number of hydrogen-bond donors (Lipinski definition) is 1. The predicted molar refractivity (Wildman–Crippen MR) is 65.0 cm³/mol. The molecule has 1 rings (SSSR count). The van der Waals surface area contributed by atoms with Gasteiger partial charge in [0.15, 0.2) is 0 Å². The Labute approximate surface area is 102 Å². The molecule has 6 nitrogen and oxygen atoms in total. The Hall–Kier alpha value is -1.30. The van der Waals surface area contributed by atoms with Gasteiger partial charge in [0.1, 0.15) is 0 Å². The minimum absolute atomic E-state index is 0.0890. The van der Waals surface area contributed by atoms with Crippen LogP contribution in [0.5, 0.6) is 0 Å². The summed E-state index contributed by atoms with van der Waals surface area (Å²) < 4.78 is 10.4. The summed E-state index contributed by atoms with van der Waals surface area (Å²) >= 11 is 0. The number of nitrogens with two attached hydrogens (primary N) is 1. The van der Waals surface area contributed by atoms with Gasteiger partial charge in [0.2, 0.25) is 5.27 Å². The summed E-state index contributed by atoms with van der Waals surface area (Å²) in [5.74, 6) is 0.295. The van der Waals surface area contributed by atoms with Gasteiger partial charge in [-0.2, -0.15) is 0 Å². The molecule has 1 aromatic heterocycles. The normalized spacial score (nSPS) is 12.1. The second-order valence-corrected chi connectivity index (χ2v) is 5.24. The van der Waals surface area contributed by atoms with Crippen molar-refractivity contribution in [3.8, 4) is 0 Å². The third-order valence-electron chi connectivity index (χ3n) is 2.25. The van der Waals surface area contributed by atoms with Crippen LogP contribution in [0.15, 0.2) is 10.7 Å². The Bertz CT molecular complexity index is 343. The van der Waals surface area contributed by atoms with Gasteiger partial charge in [-0.25, -0.2) is 0 Å². The van der Waals surface area contributed by atoms with Crippen LogP contribution in [0, 0.1) is 0 Å². The fraction of sp³-hybridized carbons (Fsp3) is 0.818. The van der Waals surface area contributed by atoms with Crippen LogP contribution in [0.1, 0.15) is 34.6 Å². The van der Waals surface area contributed by atoms with Crippen molar-refractivity contribution in [3.05, 3.63) is 6.20 Å². The number of nitrogens with zero attached hydrogens (tertiary/aromatic N) is 3. The lowest BCUT2D eigenvalue weighted by atomic mass is 10.1. The number of rotatable bonds is 5. The molecule has 0 bridgehead atoms. The number of aromatic nitrogens is 2. The van der Waals surface area contributed by atoms with Crippen LogP contribution in [0.3, 0.4) is 0 Å². The summed E-state index contributed by atoms with van der Waals surface area (Å²) in [6.45, 7) is 11.7. The molecule has 17 heavy (non-hydrogen) atoms. The molecule has 0 amide bonds. The van der Waals surface area contributed by atoms with E-state index in [1.54, 1.807) is 11.0 Å². The van der Waals surface area contributed by atoms with Crippen molar-refractivity contribution in [1.29, 1.82) is 0 Å². The van der Waals surface area contributed by atoms with Crippen LogP contribution in [-0.2, 0) is 4.74 Å². The second-order valence-electron chi connectivity index (χ2n) is 5.24. The zero-order valence-electron chi connectivity index (χ0n) is 11.3. The Morgan fingerprint density at radius 3 is 2.59 bits per heavy atom. The van der Waals surface area contributed by atoms with Crippen LogP contribution < -0.4 is 15.5 Å². The summed E-state index contributed by atoms with van der Waals surface area (Å²) in [6.07, 6.45) is 1.88. The van der Waals surface area contributed by atoms with Crippen molar-refractivity contribution in [2.75, 3.05) is 23.9 Å². The Balaban J connectivity index is 2.69. The van der Waals surface area contributed by atoms with Crippen molar-refractivity contribution in [2.24, 2.45) is 0 Å². The maximum Gasteiger partial charge on any atom is 0.296 e. The molecule has 0 aliphatic carbocycles. The summed E-state index contributed by atoms with van der Waals surface area (Å²) in [7, 11) is 0. The Kier molecular flexibility index (Phi) is 4.34. The largest absolute Gasteiger partial charge is 0.377 e. The number of ether oxygens (including phenoxy) is 1. The van der Waals surface area contributed by atoms with E-state index in [1.807, 2.05) is 18.9 Å². The minimum Gasteiger partial charge on any atom is -0.377 e. The second kappa shape index (κ2) is 5.35. The first-order valence-corrected chi connectivity index (χ1v) is 5.84. The first-order valence-electron chi connectivity index (χ1n) is 5.84. The van der Waals surface area contributed by atoms with Gasteiger partial charge in [-0.1, -0.05) is 0 Å². The lowest BCUT2D eigenvalue weighted by molar-refractivity contribution is -0.765. The van der Waals surface area contributed by atoms with E-state index < -0.39 is 0 Å². The van der Waals surface area contributed by atoms with E-state index in [0.717, 1.165) is 6.54 Å². The zero-order chi connectivity index (χ0) is 13.1. The number of nitrogen functional groups attached to an aromatic ring is 1. The van der Waals surface area contributed by atoms with Gasteiger partial charge in [0, 0.05) is 0 Å². The van der Waals surface area contributed by atoms with Crippen LogP contribution in [0.4, 0.5) is 5.88 Å². The first-order chi connectivity index (χ1) is 7.80. The van der Waals surface area contributed by atoms with Crippen molar-refractivity contribution in [2.45, 2.75) is 46.3 Å². The van der Waals surface area contributed by atoms with Gasteiger partial charge in [-0.05, 0) is 34.6 Å². The fourth-order valence-electron chi connectivity index (χ4n) is 1.48. The van der Waals surface area contributed by atoms with Gasteiger partial charge < -0.3 is 10.5 Å². The average Bonchev–Trinajstić information content (AvgIpc) is 2.56. The molecule has 1 heterocycles. The molecule has 98 valence electrons. The van der Waals surface area contributed by atoms with E-state index in [1.165, 1.54) is 0 Å². The highest BCUT2D eigenvalue weighted by Gasteiger charge is 2.31. The molecular weight excluding hydrogens is 220 g/mol. The minimum atomic E-state index is -0.0890. The molecule has 6 heteroatoms. The molecule has 0 atom stereocenters. The van der Waals surface area contributed by atoms with Gasteiger partial charge in [-0.15, -0.1) is 5.01 Å². The molecule has 0 radical (unpaired) electrons. The smallest absolute Gasteiger partial charge is 0.296 e. The topological polar surface area (TPSA) is 68.4 Å². The van der Waals surface area contributed by atoms with Crippen LogP contribution >= 0.6 is 0 Å². The summed E-state index contributed by atoms with van der Waals surface area (Å²) in [5, 5.41) is 5.90. The molecule has 0 fully saturated rings. The third-order valence-corrected chi connectivity index (χ3v) is 2.25. The maximum atomic E-state index is 5.55. The Morgan fingerprint density at radius 2 is 2.18 bits per heavy atom. The molecule has 2 N–H and O–H groups in total. The standard InChI is InChI=1S/C11H23N4O2/c1-9(2)16-7-6-14(11(3,4)5)15-8-10(12)17-13-15/h8-9H,6-7,12H2,1-5H3/q+1. The average molecular weight is 243 g/mol. The van der Waals surface area contributed by atoms with E-state index in [-0.39, 0.29) is 11.6 Å². The van der Waals surface area contributed by atoms with Gasteiger partial charge in [-0.3, -0.25) is 4.52 Å². The SMILES string of the molecule is CC(C)OCCN([n+]1cc(N)on1)C(C)(C)C. The highest BCUT2D eigenvalue weighted by Crippen LogP contribution is 2.08. The molecule has 0 spiro atoms. The van der Waals surface area contributed by atoms with Crippen molar-refractivity contribution in [1.82, 2.24) is 5.27 Å². The quantitative estimate of drug-likeness (QED) is 0.771. The molecule has 0 unspecified atom stereocenters. The summed E-state index contributed by atoms with van der Waals surface area (Å²) in [5.41, 5.74) is 5.44. The van der Waals surface area contributed by atoms with E-state index in [0.29, 0.717) is 12.5 Å². The van der Waals surface area contributed by atoms with Crippen molar-refractivity contribution >= 4 is 5.88 Å². The van der Waals surface area contributed by atoms with Crippen LogP contribution in [0.2, 0.25) is 0 Å². The zero-order valence-corrected chi connectivity index (χ0v) is 11.3. The maximum absolute atomic E-state index is 5.55. The van der Waals surface area contributed by atoms with Crippen molar-refractivity contribution in [3.63, 3.8) is 0 Å². The molecule has 0 aliphatic heterocycles. The van der Waals surface area contributed by atoms with Gasteiger partial charge in [0.05, 0.1) is 29.6 Å². The molecular formula is C11H23N4O2+.